The van der Waals surface area contributed by atoms with Crippen molar-refractivity contribution in [3.8, 4) is 0 Å². The van der Waals surface area contributed by atoms with Gasteiger partial charge in [0.15, 0.2) is 0 Å². The minimum atomic E-state index is 0.761. The summed E-state index contributed by atoms with van der Waals surface area (Å²) in [4.78, 5) is 0. The summed E-state index contributed by atoms with van der Waals surface area (Å²) in [6, 6.07) is 24.8. The van der Waals surface area contributed by atoms with Crippen LogP contribution in [0.15, 0.2) is 85.2 Å². The number of nitrogens with one attached hydrogen (secondary N) is 2. The molecule has 0 atom stereocenters. The standard InChI is InChI=1S/C19H18N2/c1-15(20-14-16-8-3-2-4-9-16)21-19-13-7-11-17-10-5-6-12-18(17)19/h2-13,20-21H,1,14H2. The first-order valence-corrected chi connectivity index (χ1v) is 7.04. The molecule has 0 aliphatic heterocycles. The summed E-state index contributed by atoms with van der Waals surface area (Å²) in [5.41, 5.74) is 2.30. The van der Waals surface area contributed by atoms with E-state index in [-0.39, 0.29) is 0 Å². The number of benzene rings is 3. The van der Waals surface area contributed by atoms with Crippen LogP contribution in [0.3, 0.4) is 0 Å². The quantitative estimate of drug-likeness (QED) is 0.715. The van der Waals surface area contributed by atoms with Crippen molar-refractivity contribution < 1.29 is 0 Å². The van der Waals surface area contributed by atoms with Crippen molar-refractivity contribution in [2.24, 2.45) is 0 Å². The van der Waals surface area contributed by atoms with Crippen molar-refractivity contribution in [1.29, 1.82) is 0 Å². The second kappa shape index (κ2) is 6.14. The predicted molar refractivity (Wildman–Crippen MR) is 90.0 cm³/mol. The molecule has 0 aliphatic rings. The number of anilines is 1. The van der Waals surface area contributed by atoms with Gasteiger partial charge in [0.2, 0.25) is 0 Å². The lowest BCUT2D eigenvalue weighted by Gasteiger charge is -2.14. The minimum Gasteiger partial charge on any atom is -0.368 e. The van der Waals surface area contributed by atoms with Crippen molar-refractivity contribution in [3.05, 3.63) is 90.8 Å². The van der Waals surface area contributed by atoms with E-state index in [9.17, 15) is 0 Å². The van der Waals surface area contributed by atoms with Crippen LogP contribution in [-0.4, -0.2) is 0 Å². The number of rotatable bonds is 5. The molecule has 0 radical (unpaired) electrons. The van der Waals surface area contributed by atoms with Gasteiger partial charge < -0.3 is 10.6 Å². The Labute approximate surface area is 125 Å². The zero-order valence-electron chi connectivity index (χ0n) is 11.8. The molecular weight excluding hydrogens is 256 g/mol. The van der Waals surface area contributed by atoms with Gasteiger partial charge in [0.05, 0.1) is 5.82 Å². The molecular formula is C19H18N2. The summed E-state index contributed by atoms with van der Waals surface area (Å²) >= 11 is 0. The highest BCUT2D eigenvalue weighted by atomic mass is 15.1. The predicted octanol–water partition coefficient (Wildman–Crippen LogP) is 4.51. The fourth-order valence-electron chi connectivity index (χ4n) is 2.35. The van der Waals surface area contributed by atoms with E-state index in [1.807, 2.05) is 24.3 Å². The molecule has 0 bridgehead atoms. The highest BCUT2D eigenvalue weighted by Crippen LogP contribution is 2.23. The number of fused-ring (bicyclic) bond motifs is 1. The fraction of sp³-hybridized carbons (Fsp3) is 0.0526. The third-order valence-electron chi connectivity index (χ3n) is 3.42. The van der Waals surface area contributed by atoms with Crippen molar-refractivity contribution in [3.63, 3.8) is 0 Å². The molecule has 0 unspecified atom stereocenters. The van der Waals surface area contributed by atoms with Gasteiger partial charge in [0.1, 0.15) is 0 Å². The summed E-state index contributed by atoms with van der Waals surface area (Å²) in [7, 11) is 0. The van der Waals surface area contributed by atoms with E-state index in [0.717, 1.165) is 18.1 Å². The van der Waals surface area contributed by atoms with Crippen LogP contribution in [0.1, 0.15) is 5.56 Å². The first-order chi connectivity index (χ1) is 10.3. The van der Waals surface area contributed by atoms with Crippen molar-refractivity contribution in [2.45, 2.75) is 6.54 Å². The van der Waals surface area contributed by atoms with E-state index in [0.29, 0.717) is 0 Å². The van der Waals surface area contributed by atoms with E-state index in [4.69, 9.17) is 0 Å². The Bertz CT molecular complexity index is 742. The summed E-state index contributed by atoms with van der Waals surface area (Å²) in [5, 5.41) is 9.07. The zero-order chi connectivity index (χ0) is 14.5. The van der Waals surface area contributed by atoms with Crippen LogP contribution in [0.4, 0.5) is 5.69 Å². The minimum absolute atomic E-state index is 0.761. The van der Waals surface area contributed by atoms with Gasteiger partial charge in [-0.05, 0) is 17.0 Å². The molecule has 2 N–H and O–H groups in total. The summed E-state index contributed by atoms with van der Waals surface area (Å²) < 4.78 is 0. The molecule has 0 saturated heterocycles. The highest BCUT2D eigenvalue weighted by Gasteiger charge is 2.01. The lowest BCUT2D eigenvalue weighted by Crippen LogP contribution is -2.18. The first kappa shape index (κ1) is 13.3. The van der Waals surface area contributed by atoms with E-state index >= 15 is 0 Å². The molecule has 0 saturated carbocycles. The van der Waals surface area contributed by atoms with Crippen molar-refractivity contribution >= 4 is 16.5 Å². The van der Waals surface area contributed by atoms with Crippen LogP contribution in [0.25, 0.3) is 10.8 Å². The van der Waals surface area contributed by atoms with Gasteiger partial charge in [0, 0.05) is 17.6 Å². The molecule has 0 fully saturated rings. The fourth-order valence-corrected chi connectivity index (χ4v) is 2.35. The molecule has 2 heteroatoms. The second-order valence-electron chi connectivity index (χ2n) is 4.97. The van der Waals surface area contributed by atoms with Crippen LogP contribution in [-0.2, 0) is 6.54 Å². The molecule has 3 aromatic carbocycles. The van der Waals surface area contributed by atoms with Gasteiger partial charge >= 0.3 is 0 Å². The van der Waals surface area contributed by atoms with E-state index in [2.05, 4.69) is 65.7 Å². The maximum Gasteiger partial charge on any atom is 0.0959 e. The molecule has 2 nitrogen and oxygen atoms in total. The Morgan fingerprint density at radius 2 is 1.52 bits per heavy atom. The third-order valence-corrected chi connectivity index (χ3v) is 3.42. The maximum absolute atomic E-state index is 4.05. The Hall–Kier alpha value is -2.74. The Morgan fingerprint density at radius 3 is 2.38 bits per heavy atom. The van der Waals surface area contributed by atoms with E-state index in [1.54, 1.807) is 0 Å². The third kappa shape index (κ3) is 3.23. The molecule has 3 rings (SSSR count). The van der Waals surface area contributed by atoms with Gasteiger partial charge in [-0.15, -0.1) is 0 Å². The lowest BCUT2D eigenvalue weighted by molar-refractivity contribution is 0.821. The van der Waals surface area contributed by atoms with E-state index in [1.165, 1.54) is 16.3 Å². The van der Waals surface area contributed by atoms with Gasteiger partial charge in [-0.25, -0.2) is 0 Å². The maximum atomic E-state index is 4.05. The van der Waals surface area contributed by atoms with Gasteiger partial charge in [-0.2, -0.15) is 0 Å². The normalized spacial score (nSPS) is 10.3. The summed E-state index contributed by atoms with van der Waals surface area (Å²) in [5.74, 6) is 0.801. The molecule has 0 heterocycles. The summed E-state index contributed by atoms with van der Waals surface area (Å²) in [6.45, 7) is 4.81. The first-order valence-electron chi connectivity index (χ1n) is 7.04. The average Bonchev–Trinajstić information content (AvgIpc) is 2.54. The second-order valence-corrected chi connectivity index (χ2v) is 4.97. The molecule has 21 heavy (non-hydrogen) atoms. The van der Waals surface area contributed by atoms with Crippen LogP contribution in [0.2, 0.25) is 0 Å². The zero-order valence-corrected chi connectivity index (χ0v) is 11.8. The molecule has 0 amide bonds. The SMILES string of the molecule is C=C(NCc1ccccc1)Nc1cccc2ccccc12. The number of hydrogen-bond donors (Lipinski definition) is 2. The Morgan fingerprint density at radius 1 is 0.810 bits per heavy atom. The molecule has 0 aromatic heterocycles. The summed E-state index contributed by atoms with van der Waals surface area (Å²) in [6.07, 6.45) is 0. The highest BCUT2D eigenvalue weighted by molar-refractivity contribution is 5.94. The Balaban J connectivity index is 1.69. The lowest BCUT2D eigenvalue weighted by atomic mass is 10.1. The van der Waals surface area contributed by atoms with Gasteiger partial charge in [-0.3, -0.25) is 0 Å². The molecule has 3 aromatic rings. The molecule has 0 aliphatic carbocycles. The molecule has 104 valence electrons. The smallest absolute Gasteiger partial charge is 0.0959 e. The monoisotopic (exact) mass is 274 g/mol. The van der Waals surface area contributed by atoms with Crippen LogP contribution in [0, 0.1) is 0 Å². The van der Waals surface area contributed by atoms with Crippen LogP contribution >= 0.6 is 0 Å². The Kier molecular flexibility index (Phi) is 3.88. The van der Waals surface area contributed by atoms with Gasteiger partial charge in [-0.1, -0.05) is 73.3 Å². The number of hydrogen-bond acceptors (Lipinski definition) is 2. The van der Waals surface area contributed by atoms with Crippen molar-refractivity contribution in [1.82, 2.24) is 5.32 Å². The molecule has 0 spiro atoms. The van der Waals surface area contributed by atoms with Crippen LogP contribution in [0.5, 0.6) is 0 Å². The van der Waals surface area contributed by atoms with Crippen molar-refractivity contribution in [2.75, 3.05) is 5.32 Å². The van der Waals surface area contributed by atoms with Gasteiger partial charge in [0.25, 0.3) is 0 Å². The average molecular weight is 274 g/mol. The largest absolute Gasteiger partial charge is 0.368 e. The topological polar surface area (TPSA) is 24.1 Å². The van der Waals surface area contributed by atoms with Crippen LogP contribution < -0.4 is 10.6 Å². The van der Waals surface area contributed by atoms with E-state index < -0.39 is 0 Å².